The van der Waals surface area contributed by atoms with Crippen LogP contribution in [0.15, 0.2) is 42.7 Å². The van der Waals surface area contributed by atoms with Gasteiger partial charge in [0.05, 0.1) is 0 Å². The highest BCUT2D eigenvalue weighted by Crippen LogP contribution is 2.26. The molecule has 1 aromatic heterocycles. The first-order valence-electron chi connectivity index (χ1n) is 9.35. The maximum Gasteiger partial charge on any atom is 0.247 e. The molecule has 2 heterocycles. The van der Waals surface area contributed by atoms with Crippen molar-refractivity contribution in [2.45, 2.75) is 38.3 Å². The monoisotopic (exact) mass is 338 g/mol. The van der Waals surface area contributed by atoms with E-state index >= 15 is 0 Å². The third-order valence-corrected chi connectivity index (χ3v) is 5.69. The molecule has 0 radical (unpaired) electrons. The van der Waals surface area contributed by atoms with Crippen LogP contribution in [0.3, 0.4) is 0 Å². The summed E-state index contributed by atoms with van der Waals surface area (Å²) in [4.78, 5) is 17.5. The van der Waals surface area contributed by atoms with Crippen LogP contribution in [0.4, 0.5) is 0 Å². The van der Waals surface area contributed by atoms with Crippen LogP contribution in [-0.4, -0.2) is 57.7 Å². The Morgan fingerprint density at radius 3 is 2.36 bits per heavy atom. The van der Waals surface area contributed by atoms with Crippen LogP contribution in [0.25, 0.3) is 0 Å². The van der Waals surface area contributed by atoms with E-state index in [0.717, 1.165) is 45.4 Å². The fourth-order valence-corrected chi connectivity index (χ4v) is 4.25. The van der Waals surface area contributed by atoms with Gasteiger partial charge in [-0.15, -0.1) is 0 Å². The minimum atomic E-state index is -0.169. The highest BCUT2D eigenvalue weighted by Gasteiger charge is 2.32. The molecule has 5 nitrogen and oxygen atoms in total. The van der Waals surface area contributed by atoms with Gasteiger partial charge in [0.2, 0.25) is 5.91 Å². The number of carbonyl (C=O) groups excluding carboxylic acids is 1. The van der Waals surface area contributed by atoms with Crippen LogP contribution in [0.5, 0.6) is 0 Å². The van der Waals surface area contributed by atoms with Gasteiger partial charge in [-0.3, -0.25) is 14.4 Å². The number of hydrogen-bond donors (Lipinski definition) is 0. The Bertz CT molecular complexity index is 694. The Labute approximate surface area is 149 Å². The molecule has 0 spiro atoms. The third kappa shape index (κ3) is 3.21. The standard InChI is InChI=1S/C20H26N4O/c1-2-19(24-9-5-8-21-24)20(25)23-12-10-22(11-13-23)18-14-16-6-3-4-7-17(16)15-18/h3-9,18-19H,2,10-15H2,1H3. The summed E-state index contributed by atoms with van der Waals surface area (Å²) in [5.41, 5.74) is 2.99. The summed E-state index contributed by atoms with van der Waals surface area (Å²) in [6.45, 7) is 5.64. The Hall–Kier alpha value is -2.14. The van der Waals surface area contributed by atoms with Crippen molar-refractivity contribution in [1.82, 2.24) is 19.6 Å². The second-order valence-electron chi connectivity index (χ2n) is 7.10. The van der Waals surface area contributed by atoms with E-state index < -0.39 is 0 Å². The fourth-order valence-electron chi connectivity index (χ4n) is 4.25. The SMILES string of the molecule is CCC(C(=O)N1CCN(C2Cc3ccccc3C2)CC1)n1cccn1. The first kappa shape index (κ1) is 16.3. The first-order valence-corrected chi connectivity index (χ1v) is 9.35. The van der Waals surface area contributed by atoms with E-state index in [9.17, 15) is 4.79 Å². The number of aromatic nitrogens is 2. The number of piperazine rings is 1. The Kier molecular flexibility index (Phi) is 4.57. The Balaban J connectivity index is 1.35. The van der Waals surface area contributed by atoms with Crippen LogP contribution in [0, 0.1) is 0 Å². The van der Waals surface area contributed by atoms with Gasteiger partial charge < -0.3 is 4.90 Å². The minimum Gasteiger partial charge on any atom is -0.338 e. The lowest BCUT2D eigenvalue weighted by Gasteiger charge is -2.39. The maximum absolute atomic E-state index is 12.9. The minimum absolute atomic E-state index is 0.169. The second kappa shape index (κ2) is 7.00. The van der Waals surface area contributed by atoms with E-state index in [1.54, 1.807) is 10.9 Å². The van der Waals surface area contributed by atoms with E-state index in [4.69, 9.17) is 0 Å². The van der Waals surface area contributed by atoms with E-state index in [1.807, 2.05) is 17.2 Å². The number of hydrogen-bond acceptors (Lipinski definition) is 3. The van der Waals surface area contributed by atoms with Gasteiger partial charge in [-0.1, -0.05) is 31.2 Å². The quantitative estimate of drug-likeness (QED) is 0.858. The van der Waals surface area contributed by atoms with Crippen LogP contribution in [0.1, 0.15) is 30.5 Å². The zero-order chi connectivity index (χ0) is 17.2. The fraction of sp³-hybridized carbons (Fsp3) is 0.500. The van der Waals surface area contributed by atoms with Crippen molar-refractivity contribution in [3.63, 3.8) is 0 Å². The number of nitrogens with zero attached hydrogens (tertiary/aromatic N) is 4. The van der Waals surface area contributed by atoms with Crippen molar-refractivity contribution in [3.05, 3.63) is 53.9 Å². The molecule has 1 aliphatic carbocycles. The third-order valence-electron chi connectivity index (χ3n) is 5.69. The molecule has 132 valence electrons. The molecule has 2 aliphatic rings. The molecule has 1 saturated heterocycles. The normalized spacial score (nSPS) is 19.8. The number of rotatable bonds is 4. The van der Waals surface area contributed by atoms with E-state index in [0.29, 0.717) is 6.04 Å². The zero-order valence-electron chi connectivity index (χ0n) is 14.8. The Morgan fingerprint density at radius 1 is 1.12 bits per heavy atom. The van der Waals surface area contributed by atoms with Crippen molar-refractivity contribution >= 4 is 5.91 Å². The summed E-state index contributed by atoms with van der Waals surface area (Å²) < 4.78 is 1.79. The molecular weight excluding hydrogens is 312 g/mol. The Morgan fingerprint density at radius 2 is 1.80 bits per heavy atom. The number of amides is 1. The van der Waals surface area contributed by atoms with Crippen LogP contribution < -0.4 is 0 Å². The average molecular weight is 338 g/mol. The van der Waals surface area contributed by atoms with Crippen LogP contribution in [0.2, 0.25) is 0 Å². The number of benzene rings is 1. The summed E-state index contributed by atoms with van der Waals surface area (Å²) in [5.74, 6) is 0.209. The molecule has 1 aromatic carbocycles. The van der Waals surface area contributed by atoms with Gasteiger partial charge in [0.25, 0.3) is 0 Å². The maximum atomic E-state index is 12.9. The van der Waals surface area contributed by atoms with Gasteiger partial charge in [0, 0.05) is 44.6 Å². The van der Waals surface area contributed by atoms with Gasteiger partial charge in [0.15, 0.2) is 0 Å². The molecule has 5 heteroatoms. The second-order valence-corrected chi connectivity index (χ2v) is 7.10. The average Bonchev–Trinajstić information content (AvgIpc) is 3.32. The highest BCUT2D eigenvalue weighted by molar-refractivity contribution is 5.80. The highest BCUT2D eigenvalue weighted by atomic mass is 16.2. The largest absolute Gasteiger partial charge is 0.338 e. The van der Waals surface area contributed by atoms with Gasteiger partial charge in [-0.2, -0.15) is 5.10 Å². The lowest BCUT2D eigenvalue weighted by atomic mass is 10.1. The summed E-state index contributed by atoms with van der Waals surface area (Å²) in [5, 5.41) is 4.26. The molecule has 25 heavy (non-hydrogen) atoms. The predicted octanol–water partition coefficient (Wildman–Crippen LogP) is 2.15. The molecule has 0 bridgehead atoms. The van der Waals surface area contributed by atoms with Crippen molar-refractivity contribution < 1.29 is 4.79 Å². The van der Waals surface area contributed by atoms with Crippen LogP contribution >= 0.6 is 0 Å². The van der Waals surface area contributed by atoms with E-state index in [2.05, 4.69) is 41.2 Å². The first-order chi connectivity index (χ1) is 12.3. The molecule has 4 rings (SSSR count). The van der Waals surface area contributed by atoms with E-state index in [1.165, 1.54) is 11.1 Å². The van der Waals surface area contributed by atoms with Gasteiger partial charge in [-0.25, -0.2) is 0 Å². The predicted molar refractivity (Wildman–Crippen MR) is 97.3 cm³/mol. The lowest BCUT2D eigenvalue weighted by molar-refractivity contribution is -0.137. The van der Waals surface area contributed by atoms with Crippen molar-refractivity contribution in [2.75, 3.05) is 26.2 Å². The summed E-state index contributed by atoms with van der Waals surface area (Å²) in [6, 6.07) is 11.1. The zero-order valence-corrected chi connectivity index (χ0v) is 14.8. The molecule has 1 atom stereocenters. The van der Waals surface area contributed by atoms with Crippen molar-refractivity contribution in [3.8, 4) is 0 Å². The van der Waals surface area contributed by atoms with Gasteiger partial charge in [-0.05, 0) is 36.5 Å². The molecule has 0 N–H and O–H groups in total. The van der Waals surface area contributed by atoms with Crippen molar-refractivity contribution in [2.24, 2.45) is 0 Å². The molecule has 0 saturated carbocycles. The lowest BCUT2D eigenvalue weighted by Crippen LogP contribution is -2.53. The van der Waals surface area contributed by atoms with Gasteiger partial charge >= 0.3 is 0 Å². The molecule has 1 aliphatic heterocycles. The summed E-state index contributed by atoms with van der Waals surface area (Å²) in [6.07, 6.45) is 6.70. The van der Waals surface area contributed by atoms with Crippen LogP contribution in [-0.2, 0) is 17.6 Å². The smallest absolute Gasteiger partial charge is 0.247 e. The molecule has 2 aromatic rings. The number of fused-ring (bicyclic) bond motifs is 1. The topological polar surface area (TPSA) is 41.4 Å². The molecule has 1 amide bonds. The number of carbonyl (C=O) groups is 1. The molecular formula is C20H26N4O. The summed E-state index contributed by atoms with van der Waals surface area (Å²) >= 11 is 0. The molecule has 1 unspecified atom stereocenters. The summed E-state index contributed by atoms with van der Waals surface area (Å²) in [7, 11) is 0. The van der Waals surface area contributed by atoms with Crippen molar-refractivity contribution in [1.29, 1.82) is 0 Å². The van der Waals surface area contributed by atoms with Gasteiger partial charge in [0.1, 0.15) is 6.04 Å². The van der Waals surface area contributed by atoms with E-state index in [-0.39, 0.29) is 11.9 Å². The molecule has 1 fully saturated rings.